The van der Waals surface area contributed by atoms with Crippen molar-refractivity contribution in [2.75, 3.05) is 0 Å². The van der Waals surface area contributed by atoms with Crippen molar-refractivity contribution in [3.63, 3.8) is 0 Å². The second kappa shape index (κ2) is 19.3. The van der Waals surface area contributed by atoms with Crippen LogP contribution >= 0.6 is 22.7 Å². The monoisotopic (exact) mass is 864 g/mol. The lowest BCUT2D eigenvalue weighted by atomic mass is 10.1. The third kappa shape index (κ3) is 11.7. The maximum Gasteiger partial charge on any atom is 0.269 e. The Balaban J connectivity index is 0.000000156. The Morgan fingerprint density at radius 3 is 1.17 bits per heavy atom. The lowest BCUT2D eigenvalue weighted by Crippen LogP contribution is -2.28. The molecule has 0 saturated carbocycles. The van der Waals surface area contributed by atoms with Crippen molar-refractivity contribution in [1.29, 1.82) is 0 Å². The van der Waals surface area contributed by atoms with Crippen LogP contribution in [0.2, 0.25) is 0 Å². The first-order chi connectivity index (χ1) is 28.0. The zero-order chi connectivity index (χ0) is 42.9. The van der Waals surface area contributed by atoms with E-state index in [0.717, 1.165) is 29.3 Å². The van der Waals surface area contributed by atoms with Crippen LogP contribution in [0.15, 0.2) is 149 Å². The number of hydrogen-bond acceptors (Lipinski definition) is 10. The molecule has 0 N–H and O–H groups in total. The number of aromatic nitrogens is 2. The van der Waals surface area contributed by atoms with Crippen LogP contribution in [-0.2, 0) is 34.3 Å². The van der Waals surface area contributed by atoms with Gasteiger partial charge in [0.05, 0.1) is 20.9 Å². The molecule has 2 aromatic heterocycles. The van der Waals surface area contributed by atoms with Gasteiger partial charge in [-0.25, -0.2) is 16.8 Å². The molecule has 0 aliphatic carbocycles. The van der Waals surface area contributed by atoms with E-state index < -0.39 is 20.2 Å². The van der Waals surface area contributed by atoms with E-state index in [9.17, 15) is 35.5 Å². The summed E-state index contributed by atoms with van der Waals surface area (Å²) in [5, 5.41) is 2.41. The minimum atomic E-state index is -4.27. The quantitative estimate of drug-likeness (QED) is 0.0915. The minimum Gasteiger partial charge on any atom is -0.744 e. The van der Waals surface area contributed by atoms with Crippen LogP contribution in [0.5, 0.6) is 0 Å². The molecular weight excluding hydrogens is 825 g/mol. The molecule has 8 rings (SSSR count). The van der Waals surface area contributed by atoms with Gasteiger partial charge >= 0.3 is 0 Å². The number of aryl methyl sites for hydroxylation is 5. The fraction of sp³-hybridized carbons (Fsp3) is 0.111. The second-order valence-corrected chi connectivity index (χ2v) is 18.2. The molecule has 0 bridgehead atoms. The molecule has 0 unspecified atom stereocenters. The third-order valence-electron chi connectivity index (χ3n) is 8.90. The summed E-state index contributed by atoms with van der Waals surface area (Å²) < 4.78 is 69.0. The summed E-state index contributed by atoms with van der Waals surface area (Å²) in [5.41, 5.74) is 9.68. The van der Waals surface area contributed by atoms with Gasteiger partial charge < -0.3 is 9.11 Å². The maximum atomic E-state index is 10.7. The number of hydrogen-bond donors (Lipinski definition) is 0. The van der Waals surface area contributed by atoms with Crippen molar-refractivity contribution in [1.82, 2.24) is 0 Å². The predicted octanol–water partition coefficient (Wildman–Crippen LogP) is 8.52. The highest BCUT2D eigenvalue weighted by Gasteiger charge is 2.20. The normalized spacial score (nSPS) is 11.0. The second-order valence-electron chi connectivity index (χ2n) is 13.4. The molecule has 6 aromatic carbocycles. The third-order valence-corrected chi connectivity index (χ3v) is 13.1. The van der Waals surface area contributed by atoms with Gasteiger partial charge in [0.2, 0.25) is 11.0 Å². The van der Waals surface area contributed by atoms with Crippen LogP contribution in [0.3, 0.4) is 0 Å². The highest BCUT2D eigenvalue weighted by atomic mass is 32.2. The van der Waals surface area contributed by atoms with E-state index in [4.69, 9.17) is 0 Å². The SMILES string of the molecule is Cc1ccc(S(=O)(=O)[O-])cc1.Cc1ccc2sc(-c3ccc(C=O)cc3)[n+](C)c2c1.Cc1ccc2sc(-c3ccc(C=O)cc3)[n+](C)c2c1.O=S(=O)([O-])c1ccccc1. The van der Waals surface area contributed by atoms with Crippen LogP contribution in [-0.4, -0.2) is 38.5 Å². The van der Waals surface area contributed by atoms with E-state index in [1.54, 1.807) is 40.9 Å². The Morgan fingerprint density at radius 1 is 0.475 bits per heavy atom. The molecular formula is C45H40N2O8S4. The number of rotatable bonds is 6. The van der Waals surface area contributed by atoms with Crippen LogP contribution in [0.25, 0.3) is 41.6 Å². The van der Waals surface area contributed by atoms with E-state index in [1.165, 1.54) is 78.0 Å². The van der Waals surface area contributed by atoms with E-state index in [1.807, 2.05) is 55.5 Å². The predicted molar refractivity (Wildman–Crippen MR) is 231 cm³/mol. The molecule has 0 spiro atoms. The van der Waals surface area contributed by atoms with Gasteiger partial charge in [-0.3, -0.25) is 9.59 Å². The molecule has 0 aliphatic heterocycles. The highest BCUT2D eigenvalue weighted by Crippen LogP contribution is 2.30. The van der Waals surface area contributed by atoms with Gasteiger partial charge in [0.1, 0.15) is 56.3 Å². The van der Waals surface area contributed by atoms with Crippen molar-refractivity contribution in [3.8, 4) is 21.1 Å². The highest BCUT2D eigenvalue weighted by molar-refractivity contribution is 7.86. The Bertz CT molecular complexity index is 2810. The lowest BCUT2D eigenvalue weighted by molar-refractivity contribution is -0.629. The summed E-state index contributed by atoms with van der Waals surface area (Å²) in [7, 11) is -4.35. The van der Waals surface area contributed by atoms with Crippen molar-refractivity contribution in [2.45, 2.75) is 30.6 Å². The molecule has 59 heavy (non-hydrogen) atoms. The Labute approximate surface area is 351 Å². The zero-order valence-corrected chi connectivity index (χ0v) is 36.0. The zero-order valence-electron chi connectivity index (χ0n) is 32.7. The van der Waals surface area contributed by atoms with Crippen molar-refractivity contribution in [3.05, 3.63) is 167 Å². The number of benzene rings is 6. The molecule has 0 aliphatic rings. The number of carbonyl (C=O) groups excluding carboxylic acids is 2. The molecule has 302 valence electrons. The summed E-state index contributed by atoms with van der Waals surface area (Å²) in [6, 6.07) is 41.4. The lowest BCUT2D eigenvalue weighted by Gasteiger charge is -2.05. The number of nitrogens with zero attached hydrogens (tertiary/aromatic N) is 2. The fourth-order valence-corrected chi connectivity index (χ4v) is 8.95. The smallest absolute Gasteiger partial charge is 0.269 e. The number of thiazole rings is 2. The number of aldehydes is 2. The van der Waals surface area contributed by atoms with E-state index in [0.29, 0.717) is 11.1 Å². The van der Waals surface area contributed by atoms with Crippen LogP contribution < -0.4 is 9.13 Å². The first kappa shape index (κ1) is 44.4. The van der Waals surface area contributed by atoms with E-state index in [2.05, 4.69) is 73.5 Å². The average molecular weight is 865 g/mol. The summed E-state index contributed by atoms with van der Waals surface area (Å²) in [6.45, 7) is 6.03. The summed E-state index contributed by atoms with van der Waals surface area (Å²) in [5.74, 6) is 0. The van der Waals surface area contributed by atoms with Gasteiger partial charge in [0.15, 0.2) is 0 Å². The largest absolute Gasteiger partial charge is 0.744 e. The summed E-state index contributed by atoms with van der Waals surface area (Å²) >= 11 is 3.55. The van der Waals surface area contributed by atoms with Gasteiger partial charge in [0, 0.05) is 23.3 Å². The van der Waals surface area contributed by atoms with Crippen LogP contribution in [0.4, 0.5) is 0 Å². The van der Waals surface area contributed by atoms with Gasteiger partial charge in [-0.2, -0.15) is 9.13 Å². The summed E-state index contributed by atoms with van der Waals surface area (Å²) in [6.07, 6.45) is 1.75. The molecule has 0 amide bonds. The van der Waals surface area contributed by atoms with Gasteiger partial charge in [-0.1, -0.05) is 95.0 Å². The molecule has 0 atom stereocenters. The van der Waals surface area contributed by atoms with E-state index >= 15 is 0 Å². The molecule has 2 heterocycles. The molecule has 10 nitrogen and oxygen atoms in total. The van der Waals surface area contributed by atoms with Crippen LogP contribution in [0.1, 0.15) is 37.4 Å². The standard InChI is InChI=1S/2C16H14NOS.C7H8O3S.C6H6O3S/c2*1-11-3-8-15-14(9-11)17(2)16(19-15)13-6-4-12(10-18)5-7-13;1-6-2-4-7(5-3-6)11(8,9)10;7-10(8,9)6-4-2-1-3-5-6/h2*3-10H,1-2H3;2-5H,1H3,(H,8,9,10);1-5H,(H,7,8,9)/q2*+1;;/p-2. The van der Waals surface area contributed by atoms with Crippen molar-refractivity contribution < 1.29 is 44.7 Å². The van der Waals surface area contributed by atoms with Gasteiger partial charge in [0.25, 0.3) is 10.0 Å². The molecule has 0 saturated heterocycles. The topological polar surface area (TPSA) is 156 Å². The molecule has 0 radical (unpaired) electrons. The fourth-order valence-electron chi connectivity index (χ4n) is 5.72. The Hall–Kier alpha value is -5.74. The number of carbonyl (C=O) groups is 2. The average Bonchev–Trinajstić information content (AvgIpc) is 3.73. The maximum absolute atomic E-state index is 10.7. The Kier molecular flexibility index (Phi) is 14.5. The van der Waals surface area contributed by atoms with Crippen molar-refractivity contribution >= 4 is 75.9 Å². The molecule has 14 heteroatoms. The first-order valence-electron chi connectivity index (χ1n) is 17.9. The van der Waals surface area contributed by atoms with Gasteiger partial charge in [-0.15, -0.1) is 0 Å². The van der Waals surface area contributed by atoms with E-state index in [-0.39, 0.29) is 9.79 Å². The molecule has 8 aromatic rings. The Morgan fingerprint density at radius 2 is 0.831 bits per heavy atom. The van der Waals surface area contributed by atoms with Crippen molar-refractivity contribution in [2.24, 2.45) is 14.1 Å². The first-order valence-corrected chi connectivity index (χ1v) is 22.4. The minimum absolute atomic E-state index is 0.178. The summed E-state index contributed by atoms with van der Waals surface area (Å²) in [4.78, 5) is 21.0. The number of fused-ring (bicyclic) bond motifs is 2. The molecule has 0 fully saturated rings. The van der Waals surface area contributed by atoms with Gasteiger partial charge in [-0.05, 0) is 92.6 Å². The van der Waals surface area contributed by atoms with Crippen LogP contribution in [0, 0.1) is 20.8 Å².